The zero-order chi connectivity index (χ0) is 12.4. The fourth-order valence-corrected chi connectivity index (χ4v) is 3.81. The maximum atomic E-state index is 10.2. The van der Waals surface area contributed by atoms with Crippen LogP contribution in [0.3, 0.4) is 0 Å². The van der Waals surface area contributed by atoms with Gasteiger partial charge in [-0.1, -0.05) is 36.8 Å². The van der Waals surface area contributed by atoms with E-state index in [1.807, 2.05) is 0 Å². The highest BCUT2D eigenvalue weighted by Gasteiger charge is 2.37. The molecule has 2 N–H and O–H groups in total. The fourth-order valence-electron chi connectivity index (χ4n) is 3.81. The van der Waals surface area contributed by atoms with E-state index >= 15 is 0 Å². The van der Waals surface area contributed by atoms with Gasteiger partial charge in [-0.3, -0.25) is 0 Å². The topological polar surface area (TPSA) is 24.7 Å². The van der Waals surface area contributed by atoms with E-state index in [2.05, 4.69) is 30.3 Å². The van der Waals surface area contributed by atoms with Gasteiger partial charge in [0.15, 0.2) is 0 Å². The Morgan fingerprint density at radius 1 is 1.00 bits per heavy atom. The van der Waals surface area contributed by atoms with Gasteiger partial charge in [-0.2, -0.15) is 0 Å². The maximum absolute atomic E-state index is 10.2. The van der Waals surface area contributed by atoms with Crippen molar-refractivity contribution in [3.8, 4) is 0 Å². The van der Waals surface area contributed by atoms with Gasteiger partial charge >= 0.3 is 0 Å². The van der Waals surface area contributed by atoms with Gasteiger partial charge in [-0.15, -0.1) is 0 Å². The molecular weight excluding hydrogens is 222 g/mol. The van der Waals surface area contributed by atoms with Crippen LogP contribution in [0.4, 0.5) is 0 Å². The van der Waals surface area contributed by atoms with Crippen LogP contribution in [-0.2, 0) is 0 Å². The molecule has 2 fully saturated rings. The van der Waals surface area contributed by atoms with Crippen LogP contribution in [0.15, 0.2) is 30.3 Å². The first kappa shape index (κ1) is 12.2. The predicted molar refractivity (Wildman–Crippen MR) is 72.8 cm³/mol. The van der Waals surface area contributed by atoms with Crippen LogP contribution in [0.1, 0.15) is 43.6 Å². The first-order chi connectivity index (χ1) is 8.84. The molecule has 0 spiro atoms. The number of quaternary nitrogens is 1. The highest BCUT2D eigenvalue weighted by molar-refractivity contribution is 5.19. The molecule has 98 valence electrons. The lowest BCUT2D eigenvalue weighted by atomic mass is 9.91. The van der Waals surface area contributed by atoms with Crippen molar-refractivity contribution in [2.45, 2.75) is 50.2 Å². The van der Waals surface area contributed by atoms with Crippen molar-refractivity contribution in [1.82, 2.24) is 0 Å². The Morgan fingerprint density at radius 3 is 2.56 bits per heavy atom. The molecule has 18 heavy (non-hydrogen) atoms. The standard InChI is InChI=1S/C16H23NO/c18-16-9-5-4-8-15(16)17-11-10-14(12-17)13-6-2-1-3-7-13/h1-3,6-7,14-16,18H,4-5,8-12H2/p+1/t14-,15-,16-/m1/s1. The van der Waals surface area contributed by atoms with Crippen molar-refractivity contribution < 1.29 is 10.0 Å². The third-order valence-corrected chi connectivity index (χ3v) is 4.85. The number of likely N-dealkylation sites (tertiary alicyclic amines) is 1. The molecule has 2 aliphatic rings. The zero-order valence-corrected chi connectivity index (χ0v) is 11.0. The summed E-state index contributed by atoms with van der Waals surface area (Å²) in [4.78, 5) is 1.65. The lowest BCUT2D eigenvalue weighted by Gasteiger charge is -2.32. The van der Waals surface area contributed by atoms with Gasteiger partial charge in [-0.25, -0.2) is 0 Å². The lowest BCUT2D eigenvalue weighted by Crippen LogP contribution is -3.15. The molecule has 0 amide bonds. The number of rotatable bonds is 2. The van der Waals surface area contributed by atoms with Gasteiger partial charge in [0.2, 0.25) is 0 Å². The Bertz CT molecular complexity index is 378. The highest BCUT2D eigenvalue weighted by Crippen LogP contribution is 2.22. The van der Waals surface area contributed by atoms with Crippen LogP contribution in [0.5, 0.6) is 0 Å². The number of aliphatic hydroxyl groups excluding tert-OH is 1. The molecule has 2 nitrogen and oxygen atoms in total. The van der Waals surface area contributed by atoms with Crippen molar-refractivity contribution in [2.75, 3.05) is 13.1 Å². The Hall–Kier alpha value is -0.860. The third-order valence-electron chi connectivity index (χ3n) is 4.85. The van der Waals surface area contributed by atoms with Crippen molar-refractivity contribution in [3.05, 3.63) is 35.9 Å². The van der Waals surface area contributed by atoms with Crippen LogP contribution < -0.4 is 4.90 Å². The maximum Gasteiger partial charge on any atom is 0.114 e. The summed E-state index contributed by atoms with van der Waals surface area (Å²) < 4.78 is 0. The van der Waals surface area contributed by atoms with E-state index in [4.69, 9.17) is 0 Å². The van der Waals surface area contributed by atoms with E-state index in [1.54, 1.807) is 4.90 Å². The van der Waals surface area contributed by atoms with Crippen molar-refractivity contribution in [1.29, 1.82) is 0 Å². The Balaban J connectivity index is 1.64. The summed E-state index contributed by atoms with van der Waals surface area (Å²) >= 11 is 0. The minimum Gasteiger partial charge on any atom is -0.387 e. The molecule has 1 saturated heterocycles. The van der Waals surface area contributed by atoms with Crippen molar-refractivity contribution >= 4 is 0 Å². The van der Waals surface area contributed by atoms with E-state index in [-0.39, 0.29) is 6.10 Å². The van der Waals surface area contributed by atoms with Crippen molar-refractivity contribution in [2.24, 2.45) is 0 Å². The molecule has 1 heterocycles. The van der Waals surface area contributed by atoms with Crippen LogP contribution in [0.2, 0.25) is 0 Å². The number of benzene rings is 1. The number of aliphatic hydroxyl groups is 1. The molecule has 1 saturated carbocycles. The Morgan fingerprint density at radius 2 is 1.78 bits per heavy atom. The minimum atomic E-state index is -0.0525. The summed E-state index contributed by atoms with van der Waals surface area (Å²) in [6.45, 7) is 2.45. The molecule has 1 unspecified atom stereocenters. The third kappa shape index (κ3) is 2.45. The molecule has 1 aliphatic heterocycles. The average molecular weight is 246 g/mol. The second-order valence-electron chi connectivity index (χ2n) is 5.97. The van der Waals surface area contributed by atoms with Gasteiger partial charge in [0, 0.05) is 18.8 Å². The molecule has 1 aromatic carbocycles. The van der Waals surface area contributed by atoms with Gasteiger partial charge in [0.1, 0.15) is 12.1 Å². The largest absolute Gasteiger partial charge is 0.387 e. The number of hydrogen-bond donors (Lipinski definition) is 2. The molecule has 1 aromatic rings. The summed E-state index contributed by atoms with van der Waals surface area (Å²) in [7, 11) is 0. The van der Waals surface area contributed by atoms with Gasteiger partial charge in [0.05, 0.1) is 13.1 Å². The molecule has 0 radical (unpaired) electrons. The molecule has 0 aromatic heterocycles. The molecule has 1 aliphatic carbocycles. The molecule has 4 atom stereocenters. The quantitative estimate of drug-likeness (QED) is 0.809. The first-order valence-electron chi connectivity index (χ1n) is 7.42. The van der Waals surface area contributed by atoms with Gasteiger partial charge in [-0.05, 0) is 18.4 Å². The summed E-state index contributed by atoms with van der Waals surface area (Å²) in [5.74, 6) is 0.704. The normalized spacial score (nSPS) is 36.7. The van der Waals surface area contributed by atoms with E-state index < -0.39 is 0 Å². The molecule has 0 bridgehead atoms. The second-order valence-corrected chi connectivity index (χ2v) is 5.97. The van der Waals surface area contributed by atoms with Crippen LogP contribution >= 0.6 is 0 Å². The van der Waals surface area contributed by atoms with E-state index in [0.717, 1.165) is 6.42 Å². The zero-order valence-electron chi connectivity index (χ0n) is 11.0. The minimum absolute atomic E-state index is 0.0525. The summed E-state index contributed by atoms with van der Waals surface area (Å²) in [6, 6.07) is 11.4. The van der Waals surface area contributed by atoms with Crippen LogP contribution in [0.25, 0.3) is 0 Å². The summed E-state index contributed by atoms with van der Waals surface area (Å²) in [6.07, 6.45) is 5.99. The van der Waals surface area contributed by atoms with Crippen molar-refractivity contribution in [3.63, 3.8) is 0 Å². The molecular formula is C16H24NO+. The van der Waals surface area contributed by atoms with Gasteiger partial charge < -0.3 is 10.0 Å². The molecule has 2 heteroatoms. The average Bonchev–Trinajstić information content (AvgIpc) is 2.90. The smallest absolute Gasteiger partial charge is 0.114 e. The Labute approximate surface area is 110 Å². The second kappa shape index (κ2) is 5.41. The summed E-state index contributed by atoms with van der Waals surface area (Å²) in [5, 5.41) is 10.2. The first-order valence-corrected chi connectivity index (χ1v) is 7.42. The van der Waals surface area contributed by atoms with Crippen LogP contribution in [0, 0.1) is 0 Å². The van der Waals surface area contributed by atoms with E-state index in [0.29, 0.717) is 12.0 Å². The SMILES string of the molecule is O[C@@H]1CCCC[C@H]1[NH+]1CC[C@@H](c2ccccc2)C1. The number of nitrogens with one attached hydrogen (secondary N) is 1. The Kier molecular flexibility index (Phi) is 3.67. The number of hydrogen-bond acceptors (Lipinski definition) is 1. The monoisotopic (exact) mass is 246 g/mol. The lowest BCUT2D eigenvalue weighted by molar-refractivity contribution is -0.919. The van der Waals surface area contributed by atoms with E-state index in [9.17, 15) is 5.11 Å². The van der Waals surface area contributed by atoms with Crippen LogP contribution in [-0.4, -0.2) is 30.3 Å². The van der Waals surface area contributed by atoms with E-state index in [1.165, 1.54) is 44.3 Å². The fraction of sp³-hybridized carbons (Fsp3) is 0.625. The highest BCUT2D eigenvalue weighted by atomic mass is 16.3. The molecule has 3 rings (SSSR count). The summed E-state index contributed by atoms with van der Waals surface area (Å²) in [5.41, 5.74) is 1.48. The van der Waals surface area contributed by atoms with Gasteiger partial charge in [0.25, 0.3) is 0 Å². The predicted octanol–water partition coefficient (Wildman–Crippen LogP) is 1.36.